The SMILES string of the molecule is C=Cc1ccc(C(=O)c2ccc(C)c(OC)c2)cc1. The molecule has 0 N–H and O–H groups in total. The molecule has 0 heterocycles. The lowest BCUT2D eigenvalue weighted by Gasteiger charge is -2.07. The Labute approximate surface area is 113 Å². The molecule has 0 saturated heterocycles. The van der Waals surface area contributed by atoms with E-state index < -0.39 is 0 Å². The van der Waals surface area contributed by atoms with Crippen LogP contribution in [0, 0.1) is 6.92 Å². The monoisotopic (exact) mass is 252 g/mol. The van der Waals surface area contributed by atoms with Gasteiger partial charge in [-0.1, -0.05) is 49.1 Å². The minimum Gasteiger partial charge on any atom is -0.496 e. The summed E-state index contributed by atoms with van der Waals surface area (Å²) in [5.41, 5.74) is 3.31. The number of ketones is 1. The fraction of sp³-hybridized carbons (Fsp3) is 0.118. The molecule has 0 amide bonds. The van der Waals surface area contributed by atoms with Gasteiger partial charge in [0.1, 0.15) is 5.75 Å². The number of carbonyl (C=O) groups is 1. The highest BCUT2D eigenvalue weighted by atomic mass is 16.5. The summed E-state index contributed by atoms with van der Waals surface area (Å²) in [7, 11) is 1.61. The van der Waals surface area contributed by atoms with Crippen molar-refractivity contribution >= 4 is 11.9 Å². The summed E-state index contributed by atoms with van der Waals surface area (Å²) in [5, 5.41) is 0. The minimum absolute atomic E-state index is 0.00564. The van der Waals surface area contributed by atoms with Crippen molar-refractivity contribution in [3.8, 4) is 5.75 Å². The van der Waals surface area contributed by atoms with Gasteiger partial charge in [-0.2, -0.15) is 0 Å². The zero-order chi connectivity index (χ0) is 13.8. The summed E-state index contributed by atoms with van der Waals surface area (Å²) in [6, 6.07) is 12.9. The number of carbonyl (C=O) groups excluding carboxylic acids is 1. The second-order valence-electron chi connectivity index (χ2n) is 4.34. The lowest BCUT2D eigenvalue weighted by atomic mass is 10.0. The standard InChI is InChI=1S/C17H16O2/c1-4-13-6-9-14(10-7-13)17(18)15-8-5-12(2)16(11-15)19-3/h4-11H,1H2,2-3H3. The quantitative estimate of drug-likeness (QED) is 0.772. The maximum absolute atomic E-state index is 12.3. The van der Waals surface area contributed by atoms with Gasteiger partial charge in [0.25, 0.3) is 0 Å². The third-order valence-corrected chi connectivity index (χ3v) is 3.08. The van der Waals surface area contributed by atoms with Crippen LogP contribution in [0.1, 0.15) is 27.0 Å². The number of methoxy groups -OCH3 is 1. The van der Waals surface area contributed by atoms with Crippen LogP contribution in [0.25, 0.3) is 6.08 Å². The Morgan fingerprint density at radius 2 is 1.74 bits per heavy atom. The van der Waals surface area contributed by atoms with Crippen LogP contribution in [-0.2, 0) is 0 Å². The molecule has 2 aromatic carbocycles. The molecule has 0 atom stereocenters. The number of benzene rings is 2. The molecule has 0 fully saturated rings. The van der Waals surface area contributed by atoms with E-state index in [-0.39, 0.29) is 5.78 Å². The highest BCUT2D eigenvalue weighted by Gasteiger charge is 2.10. The van der Waals surface area contributed by atoms with Gasteiger partial charge in [-0.15, -0.1) is 0 Å². The molecule has 96 valence electrons. The minimum atomic E-state index is -0.00564. The van der Waals surface area contributed by atoms with Crippen molar-refractivity contribution in [3.05, 3.63) is 71.3 Å². The summed E-state index contributed by atoms with van der Waals surface area (Å²) in [5.74, 6) is 0.725. The molecular formula is C17H16O2. The average Bonchev–Trinajstić information content (AvgIpc) is 2.47. The number of hydrogen-bond donors (Lipinski definition) is 0. The van der Waals surface area contributed by atoms with Crippen LogP contribution < -0.4 is 4.74 Å². The zero-order valence-electron chi connectivity index (χ0n) is 11.1. The Bertz CT molecular complexity index is 610. The molecule has 0 aliphatic rings. The third kappa shape index (κ3) is 2.74. The van der Waals surface area contributed by atoms with E-state index in [1.807, 2.05) is 43.3 Å². The predicted molar refractivity (Wildman–Crippen MR) is 77.7 cm³/mol. The molecule has 0 bridgehead atoms. The highest BCUT2D eigenvalue weighted by Crippen LogP contribution is 2.21. The first-order valence-electron chi connectivity index (χ1n) is 6.07. The van der Waals surface area contributed by atoms with E-state index in [1.165, 1.54) is 0 Å². The molecule has 19 heavy (non-hydrogen) atoms. The van der Waals surface area contributed by atoms with E-state index in [0.29, 0.717) is 11.1 Å². The second kappa shape index (κ2) is 5.53. The van der Waals surface area contributed by atoms with Crippen LogP contribution in [-0.4, -0.2) is 12.9 Å². The number of rotatable bonds is 4. The van der Waals surface area contributed by atoms with Gasteiger partial charge < -0.3 is 4.74 Å². The second-order valence-corrected chi connectivity index (χ2v) is 4.34. The van der Waals surface area contributed by atoms with E-state index >= 15 is 0 Å². The summed E-state index contributed by atoms with van der Waals surface area (Å²) in [6.07, 6.45) is 1.75. The lowest BCUT2D eigenvalue weighted by Crippen LogP contribution is -2.02. The molecule has 0 aromatic heterocycles. The van der Waals surface area contributed by atoms with Crippen molar-refractivity contribution in [2.75, 3.05) is 7.11 Å². The van der Waals surface area contributed by atoms with Crippen LogP contribution in [0.3, 0.4) is 0 Å². The lowest BCUT2D eigenvalue weighted by molar-refractivity contribution is 0.103. The summed E-state index contributed by atoms with van der Waals surface area (Å²) in [6.45, 7) is 5.64. The predicted octanol–water partition coefficient (Wildman–Crippen LogP) is 3.88. The average molecular weight is 252 g/mol. The van der Waals surface area contributed by atoms with E-state index in [9.17, 15) is 4.79 Å². The van der Waals surface area contributed by atoms with Gasteiger partial charge >= 0.3 is 0 Å². The number of hydrogen-bond acceptors (Lipinski definition) is 2. The van der Waals surface area contributed by atoms with Gasteiger partial charge in [-0.25, -0.2) is 0 Å². The topological polar surface area (TPSA) is 26.3 Å². The highest BCUT2D eigenvalue weighted by molar-refractivity contribution is 6.09. The number of ether oxygens (including phenoxy) is 1. The fourth-order valence-corrected chi connectivity index (χ4v) is 1.90. The van der Waals surface area contributed by atoms with Gasteiger partial charge in [0.05, 0.1) is 7.11 Å². The molecule has 0 unspecified atom stereocenters. The summed E-state index contributed by atoms with van der Waals surface area (Å²) < 4.78 is 5.24. The molecule has 0 aliphatic carbocycles. The maximum Gasteiger partial charge on any atom is 0.193 e. The smallest absolute Gasteiger partial charge is 0.193 e. The van der Waals surface area contributed by atoms with Crippen LogP contribution >= 0.6 is 0 Å². The van der Waals surface area contributed by atoms with E-state index in [1.54, 1.807) is 19.3 Å². The van der Waals surface area contributed by atoms with Crippen molar-refractivity contribution in [3.63, 3.8) is 0 Å². The Balaban J connectivity index is 2.35. The van der Waals surface area contributed by atoms with E-state index in [0.717, 1.165) is 16.9 Å². The van der Waals surface area contributed by atoms with Gasteiger partial charge in [-0.05, 0) is 24.1 Å². The Hall–Kier alpha value is -2.35. The van der Waals surface area contributed by atoms with Gasteiger partial charge in [0, 0.05) is 11.1 Å². The molecule has 2 aromatic rings. The van der Waals surface area contributed by atoms with Crippen LogP contribution in [0.2, 0.25) is 0 Å². The Morgan fingerprint density at radius 3 is 2.32 bits per heavy atom. The normalized spacial score (nSPS) is 10.0. The van der Waals surface area contributed by atoms with Gasteiger partial charge in [0.15, 0.2) is 5.78 Å². The third-order valence-electron chi connectivity index (χ3n) is 3.08. The first-order chi connectivity index (χ1) is 9.15. The zero-order valence-corrected chi connectivity index (χ0v) is 11.1. The van der Waals surface area contributed by atoms with Gasteiger partial charge in [-0.3, -0.25) is 4.79 Å². The largest absolute Gasteiger partial charge is 0.496 e. The molecule has 0 spiro atoms. The van der Waals surface area contributed by atoms with Crippen LogP contribution in [0.15, 0.2) is 49.0 Å². The van der Waals surface area contributed by atoms with Crippen molar-refractivity contribution in [2.45, 2.75) is 6.92 Å². The molecule has 0 saturated carbocycles. The summed E-state index contributed by atoms with van der Waals surface area (Å²) in [4.78, 5) is 12.3. The first-order valence-corrected chi connectivity index (χ1v) is 6.07. The molecule has 2 nitrogen and oxygen atoms in total. The number of aryl methyl sites for hydroxylation is 1. The molecule has 2 heteroatoms. The van der Waals surface area contributed by atoms with Crippen molar-refractivity contribution in [2.24, 2.45) is 0 Å². The van der Waals surface area contributed by atoms with Crippen molar-refractivity contribution < 1.29 is 9.53 Å². The van der Waals surface area contributed by atoms with Crippen LogP contribution in [0.4, 0.5) is 0 Å². The Morgan fingerprint density at radius 1 is 1.11 bits per heavy atom. The molecular weight excluding hydrogens is 236 g/mol. The van der Waals surface area contributed by atoms with Gasteiger partial charge in [0.2, 0.25) is 0 Å². The molecule has 0 aliphatic heterocycles. The Kier molecular flexibility index (Phi) is 3.81. The molecule has 0 radical (unpaired) electrons. The van der Waals surface area contributed by atoms with E-state index in [2.05, 4.69) is 6.58 Å². The van der Waals surface area contributed by atoms with Crippen molar-refractivity contribution in [1.29, 1.82) is 0 Å². The van der Waals surface area contributed by atoms with E-state index in [4.69, 9.17) is 4.74 Å². The fourth-order valence-electron chi connectivity index (χ4n) is 1.90. The van der Waals surface area contributed by atoms with Crippen LogP contribution in [0.5, 0.6) is 5.75 Å². The van der Waals surface area contributed by atoms with Crippen molar-refractivity contribution in [1.82, 2.24) is 0 Å². The molecule has 2 rings (SSSR count). The summed E-state index contributed by atoms with van der Waals surface area (Å²) >= 11 is 0. The maximum atomic E-state index is 12.3. The first kappa shape index (κ1) is 13.1.